The molecule has 0 radical (unpaired) electrons. The van der Waals surface area contributed by atoms with Gasteiger partial charge in [0.15, 0.2) is 0 Å². The SMILES string of the molecule is CC(CNC1CN(C(=O)OC(C)(C)C)C1)C(C)(C)C. The number of amides is 1. The Morgan fingerprint density at radius 2 is 1.79 bits per heavy atom. The summed E-state index contributed by atoms with van der Waals surface area (Å²) in [5, 5.41) is 3.52. The zero-order valence-electron chi connectivity index (χ0n) is 13.5. The number of likely N-dealkylation sites (tertiary alicyclic amines) is 1. The van der Waals surface area contributed by atoms with E-state index in [4.69, 9.17) is 4.74 Å². The van der Waals surface area contributed by atoms with E-state index in [1.165, 1.54) is 0 Å². The quantitative estimate of drug-likeness (QED) is 0.857. The van der Waals surface area contributed by atoms with Crippen molar-refractivity contribution in [2.24, 2.45) is 11.3 Å². The van der Waals surface area contributed by atoms with Crippen LogP contribution in [0, 0.1) is 11.3 Å². The monoisotopic (exact) mass is 270 g/mol. The first-order valence-corrected chi connectivity index (χ1v) is 7.20. The average Bonchev–Trinajstić information content (AvgIpc) is 2.09. The summed E-state index contributed by atoms with van der Waals surface area (Å²) in [6.45, 7) is 17.2. The van der Waals surface area contributed by atoms with E-state index in [9.17, 15) is 4.79 Å². The van der Waals surface area contributed by atoms with Crippen LogP contribution in [0.15, 0.2) is 0 Å². The van der Waals surface area contributed by atoms with Gasteiger partial charge in [-0.05, 0) is 38.6 Å². The fourth-order valence-electron chi connectivity index (χ4n) is 1.73. The van der Waals surface area contributed by atoms with Crippen LogP contribution < -0.4 is 5.32 Å². The van der Waals surface area contributed by atoms with Gasteiger partial charge in [0.25, 0.3) is 0 Å². The lowest BCUT2D eigenvalue weighted by atomic mass is 9.82. The Kier molecular flexibility index (Phi) is 4.88. The smallest absolute Gasteiger partial charge is 0.410 e. The number of nitrogens with zero attached hydrogens (tertiary/aromatic N) is 1. The number of rotatable bonds is 3. The molecule has 0 spiro atoms. The van der Waals surface area contributed by atoms with Gasteiger partial charge in [0.2, 0.25) is 0 Å². The molecule has 1 aliphatic rings. The van der Waals surface area contributed by atoms with Gasteiger partial charge in [0.05, 0.1) is 0 Å². The molecule has 19 heavy (non-hydrogen) atoms. The van der Waals surface area contributed by atoms with E-state index >= 15 is 0 Å². The van der Waals surface area contributed by atoms with Crippen LogP contribution in [0.5, 0.6) is 0 Å². The van der Waals surface area contributed by atoms with Crippen molar-refractivity contribution in [2.75, 3.05) is 19.6 Å². The number of hydrogen-bond acceptors (Lipinski definition) is 3. The Bertz CT molecular complexity index is 309. The largest absolute Gasteiger partial charge is 0.444 e. The molecule has 1 N–H and O–H groups in total. The second kappa shape index (κ2) is 5.70. The molecule has 0 bridgehead atoms. The molecule has 1 aliphatic heterocycles. The summed E-state index contributed by atoms with van der Waals surface area (Å²) in [4.78, 5) is 13.5. The lowest BCUT2D eigenvalue weighted by Gasteiger charge is -2.41. The lowest BCUT2D eigenvalue weighted by molar-refractivity contribution is 0.00457. The number of hydrogen-bond donors (Lipinski definition) is 1. The molecule has 1 amide bonds. The highest BCUT2D eigenvalue weighted by molar-refractivity contribution is 5.69. The summed E-state index contributed by atoms with van der Waals surface area (Å²) >= 11 is 0. The molecule has 0 aromatic rings. The van der Waals surface area contributed by atoms with Gasteiger partial charge in [0.1, 0.15) is 5.60 Å². The normalized spacial score (nSPS) is 19.0. The van der Waals surface area contributed by atoms with Crippen molar-refractivity contribution in [2.45, 2.75) is 60.1 Å². The van der Waals surface area contributed by atoms with E-state index in [1.807, 2.05) is 20.8 Å². The molecule has 0 aliphatic carbocycles. The highest BCUT2D eigenvalue weighted by Gasteiger charge is 2.34. The minimum atomic E-state index is -0.406. The van der Waals surface area contributed by atoms with Crippen molar-refractivity contribution in [1.29, 1.82) is 0 Å². The molecule has 0 saturated carbocycles. The van der Waals surface area contributed by atoms with E-state index in [0.29, 0.717) is 17.4 Å². The summed E-state index contributed by atoms with van der Waals surface area (Å²) in [7, 11) is 0. The molecule has 4 nitrogen and oxygen atoms in total. The van der Waals surface area contributed by atoms with Gasteiger partial charge in [-0.3, -0.25) is 0 Å². The molecule has 0 aromatic heterocycles. The molecular formula is C15H30N2O2. The Labute approximate surface area is 117 Å². The molecule has 4 heteroatoms. The predicted octanol–water partition coefficient (Wildman–Crippen LogP) is 2.88. The maximum absolute atomic E-state index is 11.8. The van der Waals surface area contributed by atoms with Crippen molar-refractivity contribution in [3.8, 4) is 0 Å². The van der Waals surface area contributed by atoms with Crippen LogP contribution in [-0.4, -0.2) is 42.3 Å². The van der Waals surface area contributed by atoms with E-state index in [1.54, 1.807) is 4.90 Å². The lowest BCUT2D eigenvalue weighted by Crippen LogP contribution is -2.61. The summed E-state index contributed by atoms with van der Waals surface area (Å²) in [6, 6.07) is 0.414. The summed E-state index contributed by atoms with van der Waals surface area (Å²) < 4.78 is 5.33. The van der Waals surface area contributed by atoms with E-state index in [-0.39, 0.29) is 6.09 Å². The van der Waals surface area contributed by atoms with Crippen LogP contribution in [0.2, 0.25) is 0 Å². The first-order valence-electron chi connectivity index (χ1n) is 7.20. The van der Waals surface area contributed by atoms with Gasteiger partial charge >= 0.3 is 6.09 Å². The highest BCUT2D eigenvalue weighted by Crippen LogP contribution is 2.25. The molecule has 1 rings (SSSR count). The number of carbonyl (C=O) groups excluding carboxylic acids is 1. The molecule has 1 atom stereocenters. The van der Waals surface area contributed by atoms with Crippen LogP contribution >= 0.6 is 0 Å². The molecule has 1 saturated heterocycles. The molecule has 1 heterocycles. The maximum atomic E-state index is 11.8. The second-order valence-electron chi connectivity index (χ2n) is 7.76. The van der Waals surface area contributed by atoms with Gasteiger partial charge in [-0.2, -0.15) is 0 Å². The molecule has 112 valence electrons. The zero-order valence-corrected chi connectivity index (χ0v) is 13.5. The van der Waals surface area contributed by atoms with Crippen molar-refractivity contribution >= 4 is 6.09 Å². The van der Waals surface area contributed by atoms with E-state index in [0.717, 1.165) is 19.6 Å². The summed E-state index contributed by atoms with van der Waals surface area (Å²) in [6.07, 6.45) is -0.200. The number of carbonyl (C=O) groups is 1. The Hall–Kier alpha value is -0.770. The second-order valence-corrected chi connectivity index (χ2v) is 7.76. The van der Waals surface area contributed by atoms with Gasteiger partial charge in [-0.25, -0.2) is 4.79 Å². The van der Waals surface area contributed by atoms with Gasteiger partial charge < -0.3 is 15.0 Å². The Morgan fingerprint density at radius 1 is 1.26 bits per heavy atom. The van der Waals surface area contributed by atoms with Gasteiger partial charge in [-0.15, -0.1) is 0 Å². The standard InChI is InChI=1S/C15H30N2O2/c1-11(14(2,3)4)8-16-12-9-17(10-12)13(18)19-15(5,6)7/h11-12,16H,8-10H2,1-7H3. The Balaban J connectivity index is 2.22. The van der Waals surface area contributed by atoms with Gasteiger partial charge in [-0.1, -0.05) is 27.7 Å². The fourth-order valence-corrected chi connectivity index (χ4v) is 1.73. The third kappa shape index (κ3) is 5.39. The first kappa shape index (κ1) is 16.3. The van der Waals surface area contributed by atoms with E-state index < -0.39 is 5.60 Å². The summed E-state index contributed by atoms with van der Waals surface area (Å²) in [5.41, 5.74) is -0.0854. The van der Waals surface area contributed by atoms with Crippen molar-refractivity contribution < 1.29 is 9.53 Å². The van der Waals surface area contributed by atoms with Crippen molar-refractivity contribution in [3.05, 3.63) is 0 Å². The molecule has 0 aromatic carbocycles. The van der Waals surface area contributed by atoms with E-state index in [2.05, 4.69) is 33.0 Å². The predicted molar refractivity (Wildman–Crippen MR) is 78.2 cm³/mol. The number of ether oxygens (including phenoxy) is 1. The van der Waals surface area contributed by atoms with Gasteiger partial charge in [0, 0.05) is 19.1 Å². The van der Waals surface area contributed by atoms with Crippen LogP contribution in [0.25, 0.3) is 0 Å². The fraction of sp³-hybridized carbons (Fsp3) is 0.933. The third-order valence-electron chi connectivity index (χ3n) is 3.72. The molecule has 1 unspecified atom stereocenters. The zero-order chi connectivity index (χ0) is 14.8. The maximum Gasteiger partial charge on any atom is 0.410 e. The molecule has 1 fully saturated rings. The average molecular weight is 270 g/mol. The first-order chi connectivity index (χ1) is 8.49. The number of nitrogens with one attached hydrogen (secondary N) is 1. The Morgan fingerprint density at radius 3 is 2.21 bits per heavy atom. The van der Waals surface area contributed by atoms with Crippen LogP contribution in [0.3, 0.4) is 0 Å². The van der Waals surface area contributed by atoms with Crippen molar-refractivity contribution in [1.82, 2.24) is 10.2 Å². The highest BCUT2D eigenvalue weighted by atomic mass is 16.6. The third-order valence-corrected chi connectivity index (χ3v) is 3.72. The van der Waals surface area contributed by atoms with Crippen LogP contribution in [0.1, 0.15) is 48.5 Å². The molecular weight excluding hydrogens is 240 g/mol. The minimum Gasteiger partial charge on any atom is -0.444 e. The summed E-state index contributed by atoms with van der Waals surface area (Å²) in [5.74, 6) is 0.614. The minimum absolute atomic E-state index is 0.200. The topological polar surface area (TPSA) is 41.6 Å². The van der Waals surface area contributed by atoms with Crippen molar-refractivity contribution in [3.63, 3.8) is 0 Å². The van der Waals surface area contributed by atoms with Crippen LogP contribution in [-0.2, 0) is 4.74 Å². The van der Waals surface area contributed by atoms with Crippen LogP contribution in [0.4, 0.5) is 4.79 Å².